The molecule has 0 fully saturated rings. The lowest BCUT2D eigenvalue weighted by Crippen LogP contribution is -2.27. The Labute approximate surface area is 105 Å². The Kier molecular flexibility index (Phi) is 16.9. The average Bonchev–Trinajstić information content (AvgIpc) is 2.28. The van der Waals surface area contributed by atoms with Crippen LogP contribution in [0.15, 0.2) is 0 Å². The molecule has 0 radical (unpaired) electrons. The second-order valence-electron chi connectivity index (χ2n) is 2.77. The third kappa shape index (κ3) is 18.0. The molecule has 0 aliphatic carbocycles. The zero-order chi connectivity index (χ0) is 13.5. The van der Waals surface area contributed by atoms with Crippen LogP contribution in [0.1, 0.15) is 34.1 Å². The highest BCUT2D eigenvalue weighted by molar-refractivity contribution is 6.36. The normalized spacial score (nSPS) is 9.71. The molecule has 0 saturated carbocycles. The van der Waals surface area contributed by atoms with E-state index in [1.54, 1.807) is 0 Å². The average molecular weight is 268 g/mol. The number of rotatable bonds is 8. The third-order valence-corrected chi connectivity index (χ3v) is 3.15. The lowest BCUT2D eigenvalue weighted by Gasteiger charge is -2.12. The maximum absolute atomic E-state index is 9.54. The lowest BCUT2D eigenvalue weighted by atomic mass is 10.5. The third-order valence-electron chi connectivity index (χ3n) is 1.34. The summed E-state index contributed by atoms with van der Waals surface area (Å²) in [5.74, 6) is 0. The summed E-state index contributed by atoms with van der Waals surface area (Å²) in [5, 5.41) is 7.82. The van der Waals surface area contributed by atoms with E-state index in [0.29, 0.717) is 26.4 Å². The van der Waals surface area contributed by atoms with E-state index in [-0.39, 0.29) is 0 Å². The van der Waals surface area contributed by atoms with Gasteiger partial charge in [-0.2, -0.15) is 0 Å². The second-order valence-corrected chi connectivity index (χ2v) is 4.35. The van der Waals surface area contributed by atoms with Gasteiger partial charge in [0.05, 0.1) is 6.61 Å². The van der Waals surface area contributed by atoms with Gasteiger partial charge in [-0.15, -0.1) is 0 Å². The number of hydrogen-bond donors (Lipinski definition) is 1. The summed E-state index contributed by atoms with van der Waals surface area (Å²) in [5.41, 5.74) is 0. The first-order valence-corrected chi connectivity index (χ1v) is 7.24. The number of carboxylic acid groups (broad SMARTS) is 1. The number of ether oxygens (including phenoxy) is 1. The minimum Gasteiger partial charge on any atom is -0.450 e. The van der Waals surface area contributed by atoms with Gasteiger partial charge < -0.3 is 23.1 Å². The van der Waals surface area contributed by atoms with Crippen molar-refractivity contribution in [1.29, 1.82) is 0 Å². The molecule has 7 heteroatoms. The van der Waals surface area contributed by atoms with Crippen molar-refractivity contribution in [2.75, 3.05) is 26.4 Å². The summed E-state index contributed by atoms with van der Waals surface area (Å²) in [4.78, 5) is 9.54. The molecule has 0 amide bonds. The van der Waals surface area contributed by atoms with Crippen molar-refractivity contribution in [2.45, 2.75) is 34.1 Å². The fourth-order valence-electron chi connectivity index (χ4n) is 0.742. The molecule has 0 aromatic rings. The monoisotopic (exact) mass is 268 g/mol. The minimum atomic E-state index is -1.73. The van der Waals surface area contributed by atoms with Gasteiger partial charge >= 0.3 is 15.7 Å². The Morgan fingerprint density at radius 3 is 1.59 bits per heavy atom. The van der Waals surface area contributed by atoms with Crippen LogP contribution in [0.25, 0.3) is 0 Å². The van der Waals surface area contributed by atoms with E-state index in [1.165, 1.54) is 0 Å². The van der Waals surface area contributed by atoms with E-state index in [1.807, 2.05) is 27.7 Å². The molecule has 0 aliphatic heterocycles. The molecular formula is C10H24O6Si. The van der Waals surface area contributed by atoms with Gasteiger partial charge in [0.15, 0.2) is 0 Å². The first kappa shape index (κ1) is 18.7. The molecule has 104 valence electrons. The molecule has 0 rings (SSSR count). The highest BCUT2D eigenvalue weighted by Gasteiger charge is 2.11. The molecule has 6 nitrogen and oxygen atoms in total. The molecule has 0 saturated heterocycles. The Balaban J connectivity index is 0. The number of carbonyl (C=O) groups is 1. The van der Waals surface area contributed by atoms with Crippen molar-refractivity contribution in [3.05, 3.63) is 0 Å². The smallest absolute Gasteiger partial charge is 0.450 e. The van der Waals surface area contributed by atoms with E-state index in [4.69, 9.17) is 18.4 Å². The van der Waals surface area contributed by atoms with Crippen LogP contribution in [0.3, 0.4) is 0 Å². The van der Waals surface area contributed by atoms with Gasteiger partial charge in [-0.1, -0.05) is 6.92 Å². The SMILES string of the molecule is CCCOC(=O)O.CCO[SiH](OCC)OCC. The van der Waals surface area contributed by atoms with Gasteiger partial charge in [0, 0.05) is 19.8 Å². The van der Waals surface area contributed by atoms with Crippen molar-refractivity contribution < 1.29 is 27.9 Å². The number of hydrogen-bond acceptors (Lipinski definition) is 5. The van der Waals surface area contributed by atoms with Crippen LogP contribution in [0.2, 0.25) is 0 Å². The van der Waals surface area contributed by atoms with Gasteiger partial charge in [0.2, 0.25) is 0 Å². The van der Waals surface area contributed by atoms with Crippen LogP contribution in [0.4, 0.5) is 4.79 Å². The lowest BCUT2D eigenvalue weighted by molar-refractivity contribution is 0.0917. The van der Waals surface area contributed by atoms with Gasteiger partial charge in [0.1, 0.15) is 0 Å². The minimum absolute atomic E-state index is 0.301. The van der Waals surface area contributed by atoms with Crippen LogP contribution in [-0.4, -0.2) is 47.2 Å². The zero-order valence-electron chi connectivity index (χ0n) is 11.1. The van der Waals surface area contributed by atoms with Crippen molar-refractivity contribution in [3.63, 3.8) is 0 Å². The van der Waals surface area contributed by atoms with E-state index in [0.717, 1.165) is 6.42 Å². The zero-order valence-corrected chi connectivity index (χ0v) is 12.3. The first-order chi connectivity index (χ1) is 8.12. The molecule has 0 atom stereocenters. The molecule has 1 N–H and O–H groups in total. The van der Waals surface area contributed by atoms with Gasteiger partial charge in [-0.3, -0.25) is 0 Å². The van der Waals surface area contributed by atoms with Crippen molar-refractivity contribution in [1.82, 2.24) is 0 Å². The highest BCUT2D eigenvalue weighted by Crippen LogP contribution is 1.91. The molecule has 0 spiro atoms. The predicted molar refractivity (Wildman–Crippen MR) is 66.3 cm³/mol. The summed E-state index contributed by atoms with van der Waals surface area (Å²) in [6, 6.07) is 0. The molecule has 0 bridgehead atoms. The quantitative estimate of drug-likeness (QED) is 0.535. The molecule has 0 heterocycles. The Bertz CT molecular complexity index is 153. The standard InChI is InChI=1S/C6H16O3Si.C4H8O3/c1-4-7-10(8-5-2)9-6-3;1-2-3-7-4(5)6/h10H,4-6H2,1-3H3;2-3H2,1H3,(H,5,6). The van der Waals surface area contributed by atoms with Gasteiger partial charge in [0.25, 0.3) is 0 Å². The topological polar surface area (TPSA) is 74.2 Å². The second kappa shape index (κ2) is 15.4. The summed E-state index contributed by atoms with van der Waals surface area (Å²) in [7, 11) is -1.73. The Morgan fingerprint density at radius 2 is 1.41 bits per heavy atom. The van der Waals surface area contributed by atoms with Crippen LogP contribution >= 0.6 is 0 Å². The van der Waals surface area contributed by atoms with Crippen LogP contribution in [0, 0.1) is 0 Å². The molecule has 0 aromatic heterocycles. The molecular weight excluding hydrogens is 244 g/mol. The molecule has 0 unspecified atom stereocenters. The molecule has 17 heavy (non-hydrogen) atoms. The van der Waals surface area contributed by atoms with Crippen LogP contribution in [-0.2, 0) is 18.0 Å². The van der Waals surface area contributed by atoms with Crippen molar-refractivity contribution >= 4 is 15.7 Å². The first-order valence-electron chi connectivity index (χ1n) is 5.82. The van der Waals surface area contributed by atoms with E-state index < -0.39 is 15.7 Å². The van der Waals surface area contributed by atoms with E-state index >= 15 is 0 Å². The summed E-state index contributed by atoms with van der Waals surface area (Å²) in [6.07, 6.45) is -0.450. The maximum atomic E-state index is 9.54. The van der Waals surface area contributed by atoms with Crippen molar-refractivity contribution in [2.24, 2.45) is 0 Å². The van der Waals surface area contributed by atoms with Crippen LogP contribution in [0.5, 0.6) is 0 Å². The molecule has 0 aliphatic rings. The summed E-state index contributed by atoms with van der Waals surface area (Å²) in [6.45, 7) is 10.0. The maximum Gasteiger partial charge on any atom is 0.505 e. The van der Waals surface area contributed by atoms with E-state index in [9.17, 15) is 4.79 Å². The van der Waals surface area contributed by atoms with E-state index in [2.05, 4.69) is 4.74 Å². The molecule has 0 aromatic carbocycles. The van der Waals surface area contributed by atoms with Gasteiger partial charge in [-0.25, -0.2) is 4.79 Å². The fraction of sp³-hybridized carbons (Fsp3) is 0.900. The van der Waals surface area contributed by atoms with Crippen LogP contribution < -0.4 is 0 Å². The Morgan fingerprint density at radius 1 is 1.00 bits per heavy atom. The summed E-state index contributed by atoms with van der Waals surface area (Å²) < 4.78 is 19.8. The fourth-order valence-corrected chi connectivity index (χ4v) is 1.85. The van der Waals surface area contributed by atoms with Gasteiger partial charge in [-0.05, 0) is 27.2 Å². The Hall–Kier alpha value is -0.633. The largest absolute Gasteiger partial charge is 0.505 e. The van der Waals surface area contributed by atoms with Crippen molar-refractivity contribution in [3.8, 4) is 0 Å². The highest BCUT2D eigenvalue weighted by atomic mass is 28.3. The predicted octanol–water partition coefficient (Wildman–Crippen LogP) is 1.90. The summed E-state index contributed by atoms with van der Waals surface area (Å²) >= 11 is 0.